The molecule has 0 saturated carbocycles. The molecule has 1 aliphatic rings. The highest BCUT2D eigenvalue weighted by molar-refractivity contribution is 7.99. The topological polar surface area (TPSA) is 89.6 Å². The van der Waals surface area contributed by atoms with Gasteiger partial charge in [-0.05, 0) is 55.3 Å². The average molecular weight is 496 g/mol. The van der Waals surface area contributed by atoms with Crippen LogP contribution < -0.4 is 5.56 Å². The minimum absolute atomic E-state index is 0.165. The Balaban J connectivity index is 1.40. The zero-order valence-corrected chi connectivity index (χ0v) is 20.5. The fraction of sp³-hybridized carbons (Fsp3) is 0.148. The van der Waals surface area contributed by atoms with Gasteiger partial charge in [0.05, 0.1) is 27.7 Å². The molecular weight excluding hydrogens is 474 g/mol. The van der Waals surface area contributed by atoms with E-state index >= 15 is 0 Å². The number of nitrogens with zero attached hydrogens (tertiary/aromatic N) is 5. The quantitative estimate of drug-likeness (QED) is 0.270. The Bertz CT molecular complexity index is 1740. The van der Waals surface area contributed by atoms with Crippen molar-refractivity contribution in [2.75, 3.05) is 12.3 Å². The molecule has 5 aromatic rings. The SMILES string of the molecule is Cc1ccc(C)c(-n2c(=O)c3ccccc3n3c(SCCN4C(=O)c5ccccc5C4=O)nnc23)c1. The number of imide groups is 1. The summed E-state index contributed by atoms with van der Waals surface area (Å²) in [5.41, 5.74) is 4.14. The maximum absolute atomic E-state index is 13.6. The van der Waals surface area contributed by atoms with Gasteiger partial charge in [-0.25, -0.2) is 4.57 Å². The maximum Gasteiger partial charge on any atom is 0.267 e. The van der Waals surface area contributed by atoms with Crippen LogP contribution >= 0.6 is 11.8 Å². The summed E-state index contributed by atoms with van der Waals surface area (Å²) in [6.07, 6.45) is 0. The third-order valence-corrected chi connectivity index (χ3v) is 7.33. The van der Waals surface area contributed by atoms with E-state index in [9.17, 15) is 14.4 Å². The largest absolute Gasteiger partial charge is 0.273 e. The fourth-order valence-electron chi connectivity index (χ4n) is 4.62. The molecule has 0 saturated heterocycles. The molecule has 3 heterocycles. The van der Waals surface area contributed by atoms with E-state index in [-0.39, 0.29) is 23.9 Å². The fourth-order valence-corrected chi connectivity index (χ4v) is 5.48. The Labute approximate surface area is 210 Å². The Hall–Kier alpha value is -4.24. The summed E-state index contributed by atoms with van der Waals surface area (Å²) in [6, 6.07) is 20.2. The van der Waals surface area contributed by atoms with Crippen molar-refractivity contribution in [3.8, 4) is 5.69 Å². The molecule has 0 fully saturated rings. The van der Waals surface area contributed by atoms with Crippen molar-refractivity contribution < 1.29 is 9.59 Å². The number of carbonyl (C=O) groups excluding carboxylic acids is 2. The molecule has 8 nitrogen and oxygen atoms in total. The lowest BCUT2D eigenvalue weighted by Crippen LogP contribution is -2.31. The lowest BCUT2D eigenvalue weighted by Gasteiger charge is -2.15. The lowest BCUT2D eigenvalue weighted by molar-refractivity contribution is 0.0664. The van der Waals surface area contributed by atoms with Crippen molar-refractivity contribution in [2.45, 2.75) is 19.0 Å². The minimum atomic E-state index is -0.281. The number of hydrogen-bond donors (Lipinski definition) is 0. The first kappa shape index (κ1) is 22.2. The summed E-state index contributed by atoms with van der Waals surface area (Å²) in [5.74, 6) is 0.284. The number of rotatable bonds is 5. The molecule has 0 aliphatic carbocycles. The van der Waals surface area contributed by atoms with Crippen LogP contribution in [-0.4, -0.2) is 48.2 Å². The smallest absolute Gasteiger partial charge is 0.267 e. The van der Waals surface area contributed by atoms with Gasteiger partial charge in [-0.3, -0.25) is 23.7 Å². The van der Waals surface area contributed by atoms with Crippen LogP contribution in [0.25, 0.3) is 22.4 Å². The minimum Gasteiger partial charge on any atom is -0.273 e. The molecule has 9 heteroatoms. The molecule has 0 N–H and O–H groups in total. The van der Waals surface area contributed by atoms with Crippen molar-refractivity contribution in [2.24, 2.45) is 0 Å². The standard InChI is InChI=1S/C27H21N5O3S/c1-16-11-12-17(2)22(15-16)31-25(35)20-9-5-6-10-21(20)32-26(31)28-29-27(32)36-14-13-30-23(33)18-7-3-4-8-19(18)24(30)34/h3-12,15H,13-14H2,1-2H3. The predicted octanol–water partition coefficient (Wildman–Crippen LogP) is 4.04. The number of aromatic nitrogens is 4. The number of aryl methyl sites for hydroxylation is 2. The third-order valence-electron chi connectivity index (χ3n) is 6.42. The Morgan fingerprint density at radius 1 is 0.833 bits per heavy atom. The highest BCUT2D eigenvalue weighted by atomic mass is 32.2. The molecule has 0 atom stereocenters. The maximum atomic E-state index is 13.6. The molecule has 36 heavy (non-hydrogen) atoms. The highest BCUT2D eigenvalue weighted by Gasteiger charge is 2.34. The molecule has 0 spiro atoms. The van der Waals surface area contributed by atoms with Crippen molar-refractivity contribution in [1.82, 2.24) is 24.1 Å². The molecule has 3 aromatic carbocycles. The molecule has 6 rings (SSSR count). The molecular formula is C27H21N5O3S. The number of thioether (sulfide) groups is 1. The highest BCUT2D eigenvalue weighted by Crippen LogP contribution is 2.26. The molecule has 0 unspecified atom stereocenters. The van der Waals surface area contributed by atoms with E-state index in [2.05, 4.69) is 10.2 Å². The van der Waals surface area contributed by atoms with Crippen LogP contribution in [0.1, 0.15) is 31.8 Å². The van der Waals surface area contributed by atoms with E-state index in [1.807, 2.05) is 54.6 Å². The van der Waals surface area contributed by atoms with Crippen molar-refractivity contribution in [3.05, 3.63) is 99.3 Å². The normalized spacial score (nSPS) is 13.2. The molecule has 2 amide bonds. The number of amides is 2. The average Bonchev–Trinajstić information content (AvgIpc) is 3.41. The summed E-state index contributed by atoms with van der Waals surface area (Å²) in [4.78, 5) is 40.3. The summed E-state index contributed by atoms with van der Waals surface area (Å²) in [5, 5.41) is 9.92. The van der Waals surface area contributed by atoms with Crippen LogP contribution in [-0.2, 0) is 0 Å². The second-order valence-corrected chi connectivity index (χ2v) is 9.78. The van der Waals surface area contributed by atoms with E-state index in [1.165, 1.54) is 16.7 Å². The molecule has 0 bridgehead atoms. The van der Waals surface area contributed by atoms with Gasteiger partial charge in [0.1, 0.15) is 0 Å². The van der Waals surface area contributed by atoms with E-state index < -0.39 is 0 Å². The first-order chi connectivity index (χ1) is 17.5. The molecule has 178 valence electrons. The van der Waals surface area contributed by atoms with Gasteiger partial charge in [0.2, 0.25) is 5.78 Å². The van der Waals surface area contributed by atoms with E-state index in [0.717, 1.165) is 16.8 Å². The van der Waals surface area contributed by atoms with Crippen LogP contribution in [0, 0.1) is 13.8 Å². The van der Waals surface area contributed by atoms with E-state index in [1.54, 1.807) is 34.9 Å². The van der Waals surface area contributed by atoms with Gasteiger partial charge in [-0.15, -0.1) is 10.2 Å². The number of benzene rings is 3. The summed E-state index contributed by atoms with van der Waals surface area (Å²) >= 11 is 1.39. The first-order valence-electron chi connectivity index (χ1n) is 11.5. The number of carbonyl (C=O) groups is 2. The van der Waals surface area contributed by atoms with Crippen molar-refractivity contribution >= 4 is 40.3 Å². The summed E-state index contributed by atoms with van der Waals surface area (Å²) in [6.45, 7) is 4.18. The Morgan fingerprint density at radius 2 is 1.53 bits per heavy atom. The number of hydrogen-bond acceptors (Lipinski definition) is 6. The lowest BCUT2D eigenvalue weighted by atomic mass is 10.1. The number of para-hydroxylation sites is 1. The molecule has 2 aromatic heterocycles. The van der Waals surface area contributed by atoms with Crippen LogP contribution in [0.4, 0.5) is 0 Å². The Morgan fingerprint density at radius 3 is 2.28 bits per heavy atom. The van der Waals surface area contributed by atoms with Gasteiger partial charge in [0.25, 0.3) is 17.4 Å². The van der Waals surface area contributed by atoms with Gasteiger partial charge in [0.15, 0.2) is 5.16 Å². The first-order valence-corrected chi connectivity index (χ1v) is 12.5. The van der Waals surface area contributed by atoms with E-state index in [4.69, 9.17) is 0 Å². The van der Waals surface area contributed by atoms with Gasteiger partial charge in [-0.1, -0.05) is 48.2 Å². The Kier molecular flexibility index (Phi) is 5.22. The zero-order valence-electron chi connectivity index (χ0n) is 19.6. The van der Waals surface area contributed by atoms with Crippen LogP contribution in [0.15, 0.2) is 76.7 Å². The van der Waals surface area contributed by atoms with Crippen molar-refractivity contribution in [1.29, 1.82) is 0 Å². The van der Waals surface area contributed by atoms with Crippen LogP contribution in [0.3, 0.4) is 0 Å². The monoisotopic (exact) mass is 495 g/mol. The van der Waals surface area contributed by atoms with Gasteiger partial charge in [-0.2, -0.15) is 0 Å². The van der Waals surface area contributed by atoms with Crippen LogP contribution in [0.2, 0.25) is 0 Å². The molecule has 1 aliphatic heterocycles. The van der Waals surface area contributed by atoms with Crippen molar-refractivity contribution in [3.63, 3.8) is 0 Å². The second-order valence-electron chi connectivity index (χ2n) is 8.72. The second kappa shape index (κ2) is 8.46. The van der Waals surface area contributed by atoms with Gasteiger partial charge >= 0.3 is 0 Å². The molecule has 0 radical (unpaired) electrons. The van der Waals surface area contributed by atoms with Gasteiger partial charge < -0.3 is 0 Å². The third kappa shape index (κ3) is 3.35. The number of fused-ring (bicyclic) bond motifs is 4. The summed E-state index contributed by atoms with van der Waals surface area (Å²) < 4.78 is 3.47. The summed E-state index contributed by atoms with van der Waals surface area (Å²) in [7, 11) is 0. The predicted molar refractivity (Wildman–Crippen MR) is 138 cm³/mol. The van der Waals surface area contributed by atoms with Crippen LogP contribution in [0.5, 0.6) is 0 Å². The van der Waals surface area contributed by atoms with Gasteiger partial charge in [0, 0.05) is 12.3 Å². The van der Waals surface area contributed by atoms with E-state index in [0.29, 0.717) is 38.7 Å². The zero-order chi connectivity index (χ0) is 25.0.